The van der Waals surface area contributed by atoms with E-state index in [1.165, 1.54) is 0 Å². The van der Waals surface area contributed by atoms with Gasteiger partial charge < -0.3 is 15.1 Å². The minimum atomic E-state index is -0.0397. The van der Waals surface area contributed by atoms with Crippen LogP contribution in [0.1, 0.15) is 26.5 Å². The molecule has 0 saturated carbocycles. The average molecular weight is 210 g/mol. The van der Waals surface area contributed by atoms with Crippen LogP contribution >= 0.6 is 0 Å². The number of nitrogens with one attached hydrogen (secondary N) is 2. The number of hydrogen-bond donors (Lipinski definition) is 2. The predicted octanol–water partition coefficient (Wildman–Crippen LogP) is 1.28. The summed E-state index contributed by atoms with van der Waals surface area (Å²) in [5.41, 5.74) is -0.0397. The molecule has 0 unspecified atom stereocenters. The van der Waals surface area contributed by atoms with Gasteiger partial charge in [0.1, 0.15) is 5.76 Å². The lowest BCUT2D eigenvalue weighted by Gasteiger charge is -2.19. The molecule has 1 aromatic heterocycles. The zero-order chi connectivity index (χ0) is 11.3. The van der Waals surface area contributed by atoms with E-state index in [0.717, 1.165) is 5.76 Å². The molecule has 1 amide bonds. The fraction of sp³-hybridized carbons (Fsp3) is 0.545. The maximum absolute atomic E-state index is 11.4. The Labute approximate surface area is 90.0 Å². The summed E-state index contributed by atoms with van der Waals surface area (Å²) >= 11 is 0. The van der Waals surface area contributed by atoms with Crippen LogP contribution in [0.15, 0.2) is 22.8 Å². The van der Waals surface area contributed by atoms with Crippen LogP contribution in [-0.4, -0.2) is 18.0 Å². The number of carbonyl (C=O) groups is 1. The van der Waals surface area contributed by atoms with Gasteiger partial charge in [-0.1, -0.05) is 0 Å². The van der Waals surface area contributed by atoms with E-state index < -0.39 is 0 Å². The summed E-state index contributed by atoms with van der Waals surface area (Å²) < 4.78 is 5.09. The summed E-state index contributed by atoms with van der Waals surface area (Å²) in [5.74, 6) is 0.737. The number of carbonyl (C=O) groups excluding carboxylic acids is 1. The number of amides is 1. The highest BCUT2D eigenvalue weighted by Gasteiger charge is 2.10. The fourth-order valence-corrected chi connectivity index (χ4v) is 1.01. The first-order valence-corrected chi connectivity index (χ1v) is 5.01. The molecule has 0 aliphatic heterocycles. The molecule has 1 rings (SSSR count). The van der Waals surface area contributed by atoms with Gasteiger partial charge in [-0.05, 0) is 32.9 Å². The summed E-state index contributed by atoms with van der Waals surface area (Å²) in [7, 11) is 0. The van der Waals surface area contributed by atoms with Crippen molar-refractivity contribution in [1.82, 2.24) is 10.6 Å². The average Bonchev–Trinajstić information content (AvgIpc) is 2.62. The molecule has 0 aromatic carbocycles. The van der Waals surface area contributed by atoms with Crippen LogP contribution in [0.3, 0.4) is 0 Å². The molecule has 1 heterocycles. The largest absolute Gasteiger partial charge is 0.467 e. The van der Waals surface area contributed by atoms with Crippen molar-refractivity contribution in [3.8, 4) is 0 Å². The maximum atomic E-state index is 11.4. The summed E-state index contributed by atoms with van der Waals surface area (Å²) in [5, 5.41) is 5.87. The molecule has 1 aromatic rings. The van der Waals surface area contributed by atoms with Gasteiger partial charge in [0.05, 0.1) is 19.4 Å². The SMILES string of the molecule is CC(C)(C)NCC(=O)NCc1ccco1. The monoisotopic (exact) mass is 210 g/mol. The second-order valence-electron chi connectivity index (χ2n) is 4.46. The molecular weight excluding hydrogens is 192 g/mol. The van der Waals surface area contributed by atoms with Crippen molar-refractivity contribution in [1.29, 1.82) is 0 Å². The lowest BCUT2D eigenvalue weighted by atomic mass is 10.1. The minimum absolute atomic E-state index is 0.0266. The van der Waals surface area contributed by atoms with Crippen molar-refractivity contribution in [3.63, 3.8) is 0 Å². The molecule has 4 nitrogen and oxygen atoms in total. The van der Waals surface area contributed by atoms with Crippen molar-refractivity contribution >= 4 is 5.91 Å². The van der Waals surface area contributed by atoms with Crippen LogP contribution in [-0.2, 0) is 11.3 Å². The molecule has 0 bridgehead atoms. The molecular formula is C11H18N2O2. The lowest BCUT2D eigenvalue weighted by molar-refractivity contribution is -0.120. The first-order chi connectivity index (χ1) is 6.97. The van der Waals surface area contributed by atoms with Gasteiger partial charge in [0.15, 0.2) is 0 Å². The Kier molecular flexibility index (Phi) is 3.91. The topological polar surface area (TPSA) is 54.3 Å². The first-order valence-electron chi connectivity index (χ1n) is 5.01. The van der Waals surface area contributed by atoms with Gasteiger partial charge in [-0.2, -0.15) is 0 Å². The molecule has 0 fully saturated rings. The minimum Gasteiger partial charge on any atom is -0.467 e. The van der Waals surface area contributed by atoms with Crippen LogP contribution in [0, 0.1) is 0 Å². The third-order valence-corrected chi connectivity index (χ3v) is 1.82. The first kappa shape index (κ1) is 11.8. The molecule has 0 spiro atoms. The third kappa shape index (κ3) is 5.22. The van der Waals surface area contributed by atoms with E-state index in [9.17, 15) is 4.79 Å². The van der Waals surface area contributed by atoms with Gasteiger partial charge in [-0.3, -0.25) is 4.79 Å². The van der Waals surface area contributed by atoms with Crippen LogP contribution in [0.2, 0.25) is 0 Å². The Balaban J connectivity index is 2.20. The molecule has 0 aliphatic rings. The second-order valence-corrected chi connectivity index (χ2v) is 4.46. The quantitative estimate of drug-likeness (QED) is 0.787. The van der Waals surface area contributed by atoms with E-state index in [2.05, 4.69) is 10.6 Å². The zero-order valence-corrected chi connectivity index (χ0v) is 9.46. The molecule has 4 heteroatoms. The normalized spacial score (nSPS) is 11.4. The highest BCUT2D eigenvalue weighted by atomic mass is 16.3. The highest BCUT2D eigenvalue weighted by Crippen LogP contribution is 1.99. The lowest BCUT2D eigenvalue weighted by Crippen LogP contribution is -2.43. The van der Waals surface area contributed by atoms with Gasteiger partial charge in [0.2, 0.25) is 5.91 Å². The Morgan fingerprint density at radius 1 is 1.47 bits per heavy atom. The number of furan rings is 1. The van der Waals surface area contributed by atoms with Gasteiger partial charge >= 0.3 is 0 Å². The second kappa shape index (κ2) is 4.98. The van der Waals surface area contributed by atoms with Crippen molar-refractivity contribution in [2.75, 3.05) is 6.54 Å². The van der Waals surface area contributed by atoms with Gasteiger partial charge in [-0.25, -0.2) is 0 Å². The molecule has 15 heavy (non-hydrogen) atoms. The third-order valence-electron chi connectivity index (χ3n) is 1.82. The van der Waals surface area contributed by atoms with E-state index in [1.54, 1.807) is 12.3 Å². The van der Waals surface area contributed by atoms with Crippen molar-refractivity contribution in [2.24, 2.45) is 0 Å². The molecule has 0 atom stereocenters. The Morgan fingerprint density at radius 3 is 2.73 bits per heavy atom. The van der Waals surface area contributed by atoms with E-state index in [-0.39, 0.29) is 11.4 Å². The van der Waals surface area contributed by atoms with E-state index >= 15 is 0 Å². The predicted molar refractivity (Wildman–Crippen MR) is 58.3 cm³/mol. The van der Waals surface area contributed by atoms with Gasteiger partial charge in [0.25, 0.3) is 0 Å². The van der Waals surface area contributed by atoms with E-state index in [1.807, 2.05) is 26.8 Å². The molecule has 2 N–H and O–H groups in total. The van der Waals surface area contributed by atoms with Crippen LogP contribution in [0.25, 0.3) is 0 Å². The van der Waals surface area contributed by atoms with E-state index in [0.29, 0.717) is 13.1 Å². The fourth-order valence-electron chi connectivity index (χ4n) is 1.01. The smallest absolute Gasteiger partial charge is 0.234 e. The standard InChI is InChI=1S/C11H18N2O2/c1-11(2,3)13-8-10(14)12-7-9-5-4-6-15-9/h4-6,13H,7-8H2,1-3H3,(H,12,14). The molecule has 0 saturated heterocycles. The summed E-state index contributed by atoms with van der Waals surface area (Å²) in [6.07, 6.45) is 1.59. The summed E-state index contributed by atoms with van der Waals surface area (Å²) in [6.45, 7) is 6.83. The Morgan fingerprint density at radius 2 is 2.20 bits per heavy atom. The van der Waals surface area contributed by atoms with Crippen LogP contribution in [0.4, 0.5) is 0 Å². The van der Waals surface area contributed by atoms with E-state index in [4.69, 9.17) is 4.42 Å². The van der Waals surface area contributed by atoms with Crippen molar-refractivity contribution in [3.05, 3.63) is 24.2 Å². The van der Waals surface area contributed by atoms with Crippen LogP contribution in [0.5, 0.6) is 0 Å². The summed E-state index contributed by atoms with van der Waals surface area (Å²) in [4.78, 5) is 11.4. The highest BCUT2D eigenvalue weighted by molar-refractivity contribution is 5.77. The maximum Gasteiger partial charge on any atom is 0.234 e. The van der Waals surface area contributed by atoms with Crippen LogP contribution < -0.4 is 10.6 Å². The number of hydrogen-bond acceptors (Lipinski definition) is 3. The molecule has 84 valence electrons. The van der Waals surface area contributed by atoms with Crippen molar-refractivity contribution in [2.45, 2.75) is 32.9 Å². The molecule has 0 radical (unpaired) electrons. The number of rotatable bonds is 4. The zero-order valence-electron chi connectivity index (χ0n) is 9.46. The Hall–Kier alpha value is -1.29. The summed E-state index contributed by atoms with van der Waals surface area (Å²) in [6, 6.07) is 3.63. The van der Waals surface area contributed by atoms with Gasteiger partial charge in [-0.15, -0.1) is 0 Å². The Bertz CT molecular complexity index is 299. The van der Waals surface area contributed by atoms with Gasteiger partial charge in [0, 0.05) is 5.54 Å². The molecule has 0 aliphatic carbocycles. The van der Waals surface area contributed by atoms with Crippen molar-refractivity contribution < 1.29 is 9.21 Å².